The van der Waals surface area contributed by atoms with Crippen molar-refractivity contribution in [2.45, 2.75) is 71.6 Å². The molecule has 2 nitrogen and oxygen atoms in total. The van der Waals surface area contributed by atoms with Gasteiger partial charge in [0.25, 0.3) is 0 Å². The Morgan fingerprint density at radius 1 is 0.688 bits per heavy atom. The van der Waals surface area contributed by atoms with E-state index in [-0.39, 0.29) is 5.41 Å². The molecule has 0 atom stereocenters. The second-order valence-corrected chi connectivity index (χ2v) is 5.62. The van der Waals surface area contributed by atoms with Crippen molar-refractivity contribution < 1.29 is 10.2 Å². The molecular weight excluding hydrogens is 200 g/mol. The van der Waals surface area contributed by atoms with Crippen LogP contribution in [-0.2, 0) is 0 Å². The molecule has 98 valence electrons. The lowest BCUT2D eigenvalue weighted by atomic mass is 9.88. The van der Waals surface area contributed by atoms with Crippen molar-refractivity contribution in [1.29, 1.82) is 0 Å². The lowest BCUT2D eigenvalue weighted by Gasteiger charge is -2.20. The summed E-state index contributed by atoms with van der Waals surface area (Å²) in [5, 5.41) is 17.7. The molecule has 0 rings (SSSR count). The molecule has 0 fully saturated rings. The van der Waals surface area contributed by atoms with Gasteiger partial charge in [-0.2, -0.15) is 0 Å². The summed E-state index contributed by atoms with van der Waals surface area (Å²) >= 11 is 0. The molecule has 0 unspecified atom stereocenters. The van der Waals surface area contributed by atoms with Gasteiger partial charge < -0.3 is 10.2 Å². The highest BCUT2D eigenvalue weighted by Crippen LogP contribution is 2.23. The third-order valence-corrected chi connectivity index (χ3v) is 3.19. The maximum Gasteiger partial charge on any atom is 0.0482 e. The van der Waals surface area contributed by atoms with Crippen molar-refractivity contribution in [3.63, 3.8) is 0 Å². The molecule has 0 aromatic rings. The number of aliphatic hydroxyl groups excluding tert-OH is 2. The zero-order chi connectivity index (χ0) is 12.3. The highest BCUT2D eigenvalue weighted by Gasteiger charge is 2.14. The van der Waals surface area contributed by atoms with Gasteiger partial charge in [-0.05, 0) is 18.3 Å². The smallest absolute Gasteiger partial charge is 0.0482 e. The van der Waals surface area contributed by atoms with E-state index >= 15 is 0 Å². The number of rotatable bonds is 11. The Morgan fingerprint density at radius 2 is 1.12 bits per heavy atom. The molecule has 2 heteroatoms. The van der Waals surface area contributed by atoms with Crippen molar-refractivity contribution in [2.24, 2.45) is 5.41 Å². The maximum atomic E-state index is 9.10. The molecule has 0 heterocycles. The van der Waals surface area contributed by atoms with E-state index in [1.165, 1.54) is 44.9 Å². The highest BCUT2D eigenvalue weighted by molar-refractivity contribution is 4.66. The lowest BCUT2D eigenvalue weighted by molar-refractivity contribution is 0.147. The SMILES string of the molecule is CC(C)(CO)CCCCCCCCCCO. The average Bonchev–Trinajstić information content (AvgIpc) is 2.27. The van der Waals surface area contributed by atoms with Crippen molar-refractivity contribution in [2.75, 3.05) is 13.2 Å². The maximum absolute atomic E-state index is 9.10. The van der Waals surface area contributed by atoms with Crippen LogP contribution >= 0.6 is 0 Å². The molecule has 0 aliphatic heterocycles. The zero-order valence-corrected chi connectivity index (χ0v) is 11.2. The summed E-state index contributed by atoms with van der Waals surface area (Å²) in [5.41, 5.74) is 0.112. The molecule has 0 aliphatic carbocycles. The van der Waals surface area contributed by atoms with Crippen LogP contribution in [0.15, 0.2) is 0 Å². The number of aliphatic hydroxyl groups is 2. The van der Waals surface area contributed by atoms with Crippen LogP contribution in [0.2, 0.25) is 0 Å². The average molecular weight is 230 g/mol. The van der Waals surface area contributed by atoms with E-state index in [9.17, 15) is 0 Å². The third-order valence-electron chi connectivity index (χ3n) is 3.19. The van der Waals surface area contributed by atoms with E-state index in [0.717, 1.165) is 12.8 Å². The quantitative estimate of drug-likeness (QED) is 0.533. The molecule has 0 aromatic heterocycles. The first-order chi connectivity index (χ1) is 7.62. The van der Waals surface area contributed by atoms with Gasteiger partial charge in [-0.25, -0.2) is 0 Å². The van der Waals surface area contributed by atoms with E-state index in [2.05, 4.69) is 13.8 Å². The standard InChI is InChI=1S/C14H30O2/c1-14(2,13-16)11-9-7-5-3-4-6-8-10-12-15/h15-16H,3-13H2,1-2H3. The largest absolute Gasteiger partial charge is 0.396 e. The molecule has 2 N–H and O–H groups in total. The second kappa shape index (κ2) is 10.1. The zero-order valence-electron chi connectivity index (χ0n) is 11.2. The van der Waals surface area contributed by atoms with Gasteiger partial charge in [0, 0.05) is 13.2 Å². The fourth-order valence-corrected chi connectivity index (χ4v) is 1.86. The van der Waals surface area contributed by atoms with Gasteiger partial charge in [0.15, 0.2) is 0 Å². The van der Waals surface area contributed by atoms with Gasteiger partial charge in [0.2, 0.25) is 0 Å². The molecule has 0 amide bonds. The predicted octanol–water partition coefficient (Wildman–Crippen LogP) is 3.51. The molecule has 0 spiro atoms. The van der Waals surface area contributed by atoms with Gasteiger partial charge in [0.1, 0.15) is 0 Å². The lowest BCUT2D eigenvalue weighted by Crippen LogP contribution is -2.16. The first-order valence-corrected chi connectivity index (χ1v) is 6.84. The summed E-state index contributed by atoms with van der Waals surface area (Å²) in [5.74, 6) is 0. The fraction of sp³-hybridized carbons (Fsp3) is 1.00. The van der Waals surface area contributed by atoms with Crippen LogP contribution in [0.5, 0.6) is 0 Å². The second-order valence-electron chi connectivity index (χ2n) is 5.62. The number of hydrogen-bond donors (Lipinski definition) is 2. The van der Waals surface area contributed by atoms with Crippen LogP contribution in [0, 0.1) is 5.41 Å². The Bertz CT molecular complexity index is 144. The summed E-state index contributed by atoms with van der Waals surface area (Å²) in [6.07, 6.45) is 11.0. The number of hydrogen-bond acceptors (Lipinski definition) is 2. The van der Waals surface area contributed by atoms with Crippen molar-refractivity contribution >= 4 is 0 Å². The summed E-state index contributed by atoms with van der Waals surface area (Å²) in [6, 6.07) is 0. The topological polar surface area (TPSA) is 40.5 Å². The third kappa shape index (κ3) is 10.4. The van der Waals surface area contributed by atoms with E-state index < -0.39 is 0 Å². The van der Waals surface area contributed by atoms with Gasteiger partial charge in [0.05, 0.1) is 0 Å². The van der Waals surface area contributed by atoms with E-state index in [1.807, 2.05) is 0 Å². The highest BCUT2D eigenvalue weighted by atomic mass is 16.3. The molecule has 0 aromatic carbocycles. The normalized spacial score (nSPS) is 12.0. The molecule has 0 aliphatic rings. The fourth-order valence-electron chi connectivity index (χ4n) is 1.86. The molecule has 0 bridgehead atoms. The van der Waals surface area contributed by atoms with E-state index in [4.69, 9.17) is 10.2 Å². The van der Waals surface area contributed by atoms with Gasteiger partial charge in [-0.15, -0.1) is 0 Å². The van der Waals surface area contributed by atoms with Crippen LogP contribution < -0.4 is 0 Å². The Balaban J connectivity index is 3.10. The molecule has 0 saturated heterocycles. The van der Waals surface area contributed by atoms with Gasteiger partial charge in [-0.1, -0.05) is 58.8 Å². The Morgan fingerprint density at radius 3 is 1.56 bits per heavy atom. The van der Waals surface area contributed by atoms with Crippen molar-refractivity contribution in [3.8, 4) is 0 Å². The van der Waals surface area contributed by atoms with Crippen LogP contribution in [0.3, 0.4) is 0 Å². The molecular formula is C14H30O2. The first kappa shape index (κ1) is 15.9. The molecule has 0 radical (unpaired) electrons. The predicted molar refractivity (Wildman–Crippen MR) is 69.5 cm³/mol. The van der Waals surface area contributed by atoms with Crippen LogP contribution in [0.1, 0.15) is 71.6 Å². The summed E-state index contributed by atoms with van der Waals surface area (Å²) in [7, 11) is 0. The minimum absolute atomic E-state index is 0.112. The van der Waals surface area contributed by atoms with Gasteiger partial charge >= 0.3 is 0 Å². The summed E-state index contributed by atoms with van der Waals surface area (Å²) in [4.78, 5) is 0. The summed E-state index contributed by atoms with van der Waals surface area (Å²) < 4.78 is 0. The molecule has 16 heavy (non-hydrogen) atoms. The Labute approximate surface area is 101 Å². The minimum atomic E-state index is 0.112. The van der Waals surface area contributed by atoms with E-state index in [1.54, 1.807) is 0 Å². The van der Waals surface area contributed by atoms with Crippen LogP contribution in [-0.4, -0.2) is 23.4 Å². The van der Waals surface area contributed by atoms with E-state index in [0.29, 0.717) is 13.2 Å². The number of unbranched alkanes of at least 4 members (excludes halogenated alkanes) is 7. The van der Waals surface area contributed by atoms with Crippen LogP contribution in [0.4, 0.5) is 0 Å². The summed E-state index contributed by atoms with van der Waals surface area (Å²) in [6.45, 7) is 4.90. The van der Waals surface area contributed by atoms with Crippen molar-refractivity contribution in [1.82, 2.24) is 0 Å². The monoisotopic (exact) mass is 230 g/mol. The molecule has 0 saturated carbocycles. The first-order valence-electron chi connectivity index (χ1n) is 6.84. The Hall–Kier alpha value is -0.0800. The van der Waals surface area contributed by atoms with Gasteiger partial charge in [-0.3, -0.25) is 0 Å². The minimum Gasteiger partial charge on any atom is -0.396 e. The van der Waals surface area contributed by atoms with Crippen LogP contribution in [0.25, 0.3) is 0 Å². The van der Waals surface area contributed by atoms with Crippen molar-refractivity contribution in [3.05, 3.63) is 0 Å². The Kier molecular flexibility index (Phi) is 10.0.